The number of unbranched alkanes of at least 4 members (excludes halogenated alkanes) is 1. The first kappa shape index (κ1) is 16.1. The standard InChI is InChI=1S/C12H25N3OS2/c13-6-7-14-8-9-15-12(16)4-2-1-3-11-5-10-17-18-11/h11,14H,1-10,13H2,(H,15,16). The maximum Gasteiger partial charge on any atom is 0.220 e. The fourth-order valence-electron chi connectivity index (χ4n) is 1.83. The highest BCUT2D eigenvalue weighted by molar-refractivity contribution is 8.77. The van der Waals surface area contributed by atoms with Crippen molar-refractivity contribution in [1.82, 2.24) is 10.6 Å². The van der Waals surface area contributed by atoms with E-state index in [4.69, 9.17) is 5.73 Å². The summed E-state index contributed by atoms with van der Waals surface area (Å²) in [4.78, 5) is 11.5. The third kappa shape index (κ3) is 8.24. The molecule has 1 fully saturated rings. The summed E-state index contributed by atoms with van der Waals surface area (Å²) in [5.41, 5.74) is 5.35. The van der Waals surface area contributed by atoms with E-state index in [1.165, 1.54) is 25.0 Å². The minimum atomic E-state index is 0.179. The average Bonchev–Trinajstić information content (AvgIpc) is 2.87. The van der Waals surface area contributed by atoms with Crippen molar-refractivity contribution in [2.24, 2.45) is 5.73 Å². The van der Waals surface area contributed by atoms with Gasteiger partial charge < -0.3 is 16.4 Å². The van der Waals surface area contributed by atoms with Crippen LogP contribution in [0.5, 0.6) is 0 Å². The van der Waals surface area contributed by atoms with Gasteiger partial charge in [-0.2, -0.15) is 0 Å². The van der Waals surface area contributed by atoms with Crippen molar-refractivity contribution in [2.45, 2.75) is 37.4 Å². The number of amides is 1. The molecule has 0 aromatic rings. The number of hydrogen-bond acceptors (Lipinski definition) is 5. The van der Waals surface area contributed by atoms with E-state index in [0.717, 1.165) is 24.8 Å². The van der Waals surface area contributed by atoms with Crippen molar-refractivity contribution in [3.05, 3.63) is 0 Å². The molecule has 4 N–H and O–H groups in total. The van der Waals surface area contributed by atoms with Crippen molar-refractivity contribution in [3.63, 3.8) is 0 Å². The lowest BCUT2D eigenvalue weighted by molar-refractivity contribution is -0.121. The Kier molecular flexibility index (Phi) is 9.83. The first-order valence-corrected chi connectivity index (χ1v) is 9.17. The van der Waals surface area contributed by atoms with Gasteiger partial charge in [0, 0.05) is 43.6 Å². The van der Waals surface area contributed by atoms with Gasteiger partial charge in [0.2, 0.25) is 5.91 Å². The van der Waals surface area contributed by atoms with E-state index < -0.39 is 0 Å². The van der Waals surface area contributed by atoms with E-state index >= 15 is 0 Å². The Balaban J connectivity index is 1.84. The van der Waals surface area contributed by atoms with E-state index in [-0.39, 0.29) is 5.91 Å². The normalized spacial score (nSPS) is 19.1. The number of nitrogens with two attached hydrogens (primary N) is 1. The lowest BCUT2D eigenvalue weighted by atomic mass is 10.1. The van der Waals surface area contributed by atoms with E-state index in [2.05, 4.69) is 10.6 Å². The van der Waals surface area contributed by atoms with Crippen LogP contribution in [0.15, 0.2) is 0 Å². The van der Waals surface area contributed by atoms with Crippen LogP contribution >= 0.6 is 21.6 Å². The summed E-state index contributed by atoms with van der Waals surface area (Å²) in [7, 11) is 4.01. The first-order chi connectivity index (χ1) is 8.83. The van der Waals surface area contributed by atoms with Crippen molar-refractivity contribution >= 4 is 27.5 Å². The second-order valence-corrected chi connectivity index (χ2v) is 7.25. The molecule has 0 aromatic heterocycles. The Morgan fingerprint density at radius 1 is 1.28 bits per heavy atom. The van der Waals surface area contributed by atoms with E-state index in [1.54, 1.807) is 0 Å². The van der Waals surface area contributed by atoms with Gasteiger partial charge in [0.05, 0.1) is 0 Å². The van der Waals surface area contributed by atoms with Crippen LogP contribution in [0.2, 0.25) is 0 Å². The summed E-state index contributed by atoms with van der Waals surface area (Å²) in [5, 5.41) is 6.90. The quantitative estimate of drug-likeness (QED) is 0.419. The fraction of sp³-hybridized carbons (Fsp3) is 0.917. The monoisotopic (exact) mass is 291 g/mol. The van der Waals surface area contributed by atoms with Crippen LogP contribution in [0.4, 0.5) is 0 Å². The number of nitrogens with one attached hydrogen (secondary N) is 2. The van der Waals surface area contributed by atoms with Gasteiger partial charge in [-0.15, -0.1) is 0 Å². The molecule has 1 amide bonds. The molecule has 0 radical (unpaired) electrons. The molecular formula is C12H25N3OS2. The van der Waals surface area contributed by atoms with Gasteiger partial charge in [-0.1, -0.05) is 28.0 Å². The average molecular weight is 291 g/mol. The number of carbonyl (C=O) groups is 1. The van der Waals surface area contributed by atoms with Crippen molar-refractivity contribution in [1.29, 1.82) is 0 Å². The molecular weight excluding hydrogens is 266 g/mol. The van der Waals surface area contributed by atoms with Gasteiger partial charge in [0.15, 0.2) is 0 Å². The zero-order valence-electron chi connectivity index (χ0n) is 11.0. The zero-order chi connectivity index (χ0) is 13.1. The molecule has 1 rings (SSSR count). The molecule has 1 aliphatic rings. The summed E-state index contributed by atoms with van der Waals surface area (Å²) in [6, 6.07) is 0. The summed E-state index contributed by atoms with van der Waals surface area (Å²) in [6.45, 7) is 2.96. The van der Waals surface area contributed by atoms with Gasteiger partial charge in [-0.3, -0.25) is 4.79 Å². The molecule has 0 aliphatic carbocycles. The highest BCUT2D eigenvalue weighted by atomic mass is 33.1. The topological polar surface area (TPSA) is 67.2 Å². The molecule has 1 aliphatic heterocycles. The molecule has 6 heteroatoms. The first-order valence-electron chi connectivity index (χ1n) is 6.78. The van der Waals surface area contributed by atoms with E-state index in [9.17, 15) is 4.79 Å². The molecule has 1 heterocycles. The molecule has 106 valence electrons. The van der Waals surface area contributed by atoms with Gasteiger partial charge in [-0.05, 0) is 19.3 Å². The zero-order valence-corrected chi connectivity index (χ0v) is 12.6. The molecule has 0 aromatic carbocycles. The maximum absolute atomic E-state index is 11.5. The van der Waals surface area contributed by atoms with Crippen LogP contribution < -0.4 is 16.4 Å². The largest absolute Gasteiger partial charge is 0.355 e. The predicted octanol–water partition coefficient (Wildman–Crippen LogP) is 1.36. The SMILES string of the molecule is NCCNCCNC(=O)CCCCC1CCSS1. The minimum Gasteiger partial charge on any atom is -0.355 e. The molecule has 1 atom stereocenters. The van der Waals surface area contributed by atoms with Crippen LogP contribution in [0.1, 0.15) is 32.1 Å². The Morgan fingerprint density at radius 3 is 2.89 bits per heavy atom. The lowest BCUT2D eigenvalue weighted by Gasteiger charge is -2.08. The van der Waals surface area contributed by atoms with Gasteiger partial charge in [0.1, 0.15) is 0 Å². The number of carbonyl (C=O) groups excluding carboxylic acids is 1. The smallest absolute Gasteiger partial charge is 0.220 e. The van der Waals surface area contributed by atoms with Crippen LogP contribution in [-0.4, -0.2) is 43.1 Å². The Labute approximate surface area is 118 Å². The number of hydrogen-bond donors (Lipinski definition) is 3. The summed E-state index contributed by atoms with van der Waals surface area (Å²) in [6.07, 6.45) is 5.47. The summed E-state index contributed by atoms with van der Waals surface area (Å²) in [5.74, 6) is 1.48. The van der Waals surface area contributed by atoms with Gasteiger partial charge in [0.25, 0.3) is 0 Å². The predicted molar refractivity (Wildman–Crippen MR) is 81.9 cm³/mol. The maximum atomic E-state index is 11.5. The molecule has 1 saturated heterocycles. The Morgan fingerprint density at radius 2 is 2.17 bits per heavy atom. The lowest BCUT2D eigenvalue weighted by Crippen LogP contribution is -2.33. The van der Waals surface area contributed by atoms with Gasteiger partial charge >= 0.3 is 0 Å². The van der Waals surface area contributed by atoms with E-state index in [1.807, 2.05) is 21.6 Å². The highest BCUT2D eigenvalue weighted by Gasteiger charge is 2.15. The molecule has 1 unspecified atom stereocenters. The second-order valence-electron chi connectivity index (χ2n) is 4.46. The Bertz CT molecular complexity index is 223. The second kappa shape index (κ2) is 11.0. The molecule has 4 nitrogen and oxygen atoms in total. The van der Waals surface area contributed by atoms with E-state index in [0.29, 0.717) is 19.5 Å². The molecule has 0 bridgehead atoms. The van der Waals surface area contributed by atoms with Crippen LogP contribution in [0.3, 0.4) is 0 Å². The van der Waals surface area contributed by atoms with Crippen LogP contribution in [0.25, 0.3) is 0 Å². The van der Waals surface area contributed by atoms with Crippen molar-refractivity contribution < 1.29 is 4.79 Å². The fourth-order valence-corrected chi connectivity index (χ4v) is 4.86. The van der Waals surface area contributed by atoms with Gasteiger partial charge in [-0.25, -0.2) is 0 Å². The van der Waals surface area contributed by atoms with Crippen molar-refractivity contribution in [2.75, 3.05) is 31.9 Å². The van der Waals surface area contributed by atoms with Crippen molar-refractivity contribution in [3.8, 4) is 0 Å². The molecule has 18 heavy (non-hydrogen) atoms. The highest BCUT2D eigenvalue weighted by Crippen LogP contribution is 2.39. The van der Waals surface area contributed by atoms with Crippen LogP contribution in [-0.2, 0) is 4.79 Å². The molecule has 0 saturated carbocycles. The summed E-state index contributed by atoms with van der Waals surface area (Å²) >= 11 is 0. The minimum absolute atomic E-state index is 0.179. The number of rotatable bonds is 10. The summed E-state index contributed by atoms with van der Waals surface area (Å²) < 4.78 is 0. The van der Waals surface area contributed by atoms with Crippen LogP contribution in [0, 0.1) is 0 Å². The third-order valence-corrected chi connectivity index (χ3v) is 5.86. The third-order valence-electron chi connectivity index (χ3n) is 2.85. The Hall–Kier alpha value is 0.0900. The molecule has 0 spiro atoms.